The predicted molar refractivity (Wildman–Crippen MR) is 90.3 cm³/mol. The minimum absolute atomic E-state index is 0.185. The van der Waals surface area contributed by atoms with E-state index in [0.29, 0.717) is 12.1 Å². The second-order valence-electron chi connectivity index (χ2n) is 5.86. The number of alkyl halides is 3. The van der Waals surface area contributed by atoms with E-state index in [9.17, 15) is 13.2 Å². The van der Waals surface area contributed by atoms with Gasteiger partial charge in [0.15, 0.2) is 0 Å². The van der Waals surface area contributed by atoms with Gasteiger partial charge in [-0.15, -0.1) is 0 Å². The molecule has 130 valence electrons. The van der Waals surface area contributed by atoms with E-state index in [4.69, 9.17) is 0 Å². The Bertz CT molecular complexity index is 809. The summed E-state index contributed by atoms with van der Waals surface area (Å²) in [5, 5.41) is 3.26. The molecule has 0 radical (unpaired) electrons. The number of nitrogens with one attached hydrogen (secondary N) is 1. The van der Waals surface area contributed by atoms with Crippen LogP contribution in [0.5, 0.6) is 0 Å². The fourth-order valence-corrected chi connectivity index (χ4v) is 2.57. The van der Waals surface area contributed by atoms with Crippen LogP contribution in [0.25, 0.3) is 5.69 Å². The van der Waals surface area contributed by atoms with E-state index < -0.39 is 11.7 Å². The van der Waals surface area contributed by atoms with Crippen molar-refractivity contribution >= 4 is 0 Å². The molecule has 0 aliphatic carbocycles. The van der Waals surface area contributed by atoms with Crippen LogP contribution >= 0.6 is 0 Å². The first-order valence-corrected chi connectivity index (χ1v) is 7.91. The molecule has 25 heavy (non-hydrogen) atoms. The Labute approximate surface area is 144 Å². The van der Waals surface area contributed by atoms with Crippen molar-refractivity contribution in [3.8, 4) is 5.69 Å². The molecule has 0 amide bonds. The molecule has 1 unspecified atom stereocenters. The third-order valence-electron chi connectivity index (χ3n) is 4.07. The van der Waals surface area contributed by atoms with Crippen molar-refractivity contribution in [3.63, 3.8) is 0 Å². The van der Waals surface area contributed by atoms with E-state index in [1.807, 2.05) is 42.0 Å². The van der Waals surface area contributed by atoms with Gasteiger partial charge in [-0.2, -0.15) is 13.2 Å². The Hall–Kier alpha value is -2.60. The standard InChI is InChI=1S/C19H18F3N3/c1-14(16-3-2-4-17(11-16)19(20,21)22)24-12-15-5-7-18(8-6-15)25-10-9-23-13-25/h2-11,13-14,24H,12H2,1H3. The average molecular weight is 345 g/mol. The molecule has 1 heterocycles. The summed E-state index contributed by atoms with van der Waals surface area (Å²) in [4.78, 5) is 4.01. The maximum Gasteiger partial charge on any atom is 0.416 e. The molecule has 1 N–H and O–H groups in total. The van der Waals surface area contributed by atoms with Crippen molar-refractivity contribution in [1.29, 1.82) is 0 Å². The summed E-state index contributed by atoms with van der Waals surface area (Å²) in [6.45, 7) is 2.43. The Balaban J connectivity index is 1.63. The van der Waals surface area contributed by atoms with Crippen LogP contribution in [-0.4, -0.2) is 9.55 Å². The van der Waals surface area contributed by atoms with Crippen molar-refractivity contribution < 1.29 is 13.2 Å². The van der Waals surface area contributed by atoms with Gasteiger partial charge in [-0.3, -0.25) is 0 Å². The van der Waals surface area contributed by atoms with Crippen LogP contribution in [0, 0.1) is 0 Å². The van der Waals surface area contributed by atoms with Crippen LogP contribution in [-0.2, 0) is 12.7 Å². The van der Waals surface area contributed by atoms with Crippen LogP contribution in [0.15, 0.2) is 67.3 Å². The number of nitrogens with zero attached hydrogens (tertiary/aromatic N) is 2. The van der Waals surface area contributed by atoms with Gasteiger partial charge in [-0.25, -0.2) is 4.98 Å². The SMILES string of the molecule is CC(NCc1ccc(-n2ccnc2)cc1)c1cccc(C(F)(F)F)c1. The van der Waals surface area contributed by atoms with Gasteiger partial charge in [0.2, 0.25) is 0 Å². The molecule has 0 spiro atoms. The lowest BCUT2D eigenvalue weighted by molar-refractivity contribution is -0.137. The van der Waals surface area contributed by atoms with E-state index in [1.165, 1.54) is 12.1 Å². The fraction of sp³-hybridized carbons (Fsp3) is 0.211. The van der Waals surface area contributed by atoms with E-state index in [1.54, 1.807) is 18.6 Å². The molecule has 0 aliphatic heterocycles. The molecule has 2 aromatic carbocycles. The number of imidazole rings is 1. The maximum atomic E-state index is 12.8. The zero-order chi connectivity index (χ0) is 17.9. The highest BCUT2D eigenvalue weighted by Gasteiger charge is 2.30. The quantitative estimate of drug-likeness (QED) is 0.724. The molecular weight excluding hydrogens is 327 g/mol. The minimum Gasteiger partial charge on any atom is -0.306 e. The van der Waals surface area contributed by atoms with Gasteiger partial charge in [0.05, 0.1) is 11.9 Å². The predicted octanol–water partition coefficient (Wildman–Crippen LogP) is 4.74. The van der Waals surface area contributed by atoms with Crippen LogP contribution < -0.4 is 5.32 Å². The van der Waals surface area contributed by atoms with Crippen molar-refractivity contribution in [2.45, 2.75) is 25.7 Å². The lowest BCUT2D eigenvalue weighted by atomic mass is 10.0. The molecule has 6 heteroatoms. The second kappa shape index (κ2) is 7.11. The van der Waals surface area contributed by atoms with Gasteiger partial charge in [-0.1, -0.05) is 24.3 Å². The van der Waals surface area contributed by atoms with Crippen LogP contribution in [0.2, 0.25) is 0 Å². The minimum atomic E-state index is -4.32. The number of halogens is 3. The largest absolute Gasteiger partial charge is 0.416 e. The molecule has 3 nitrogen and oxygen atoms in total. The third-order valence-corrected chi connectivity index (χ3v) is 4.07. The summed E-state index contributed by atoms with van der Waals surface area (Å²) in [6.07, 6.45) is 0.983. The van der Waals surface area contributed by atoms with Crippen LogP contribution in [0.3, 0.4) is 0 Å². The van der Waals surface area contributed by atoms with Crippen molar-refractivity contribution in [1.82, 2.24) is 14.9 Å². The summed E-state index contributed by atoms with van der Waals surface area (Å²) >= 11 is 0. The number of rotatable bonds is 5. The van der Waals surface area contributed by atoms with Crippen LogP contribution in [0.1, 0.15) is 29.7 Å². The van der Waals surface area contributed by atoms with E-state index in [0.717, 1.165) is 17.3 Å². The van der Waals surface area contributed by atoms with Crippen molar-refractivity contribution in [2.24, 2.45) is 0 Å². The van der Waals surface area contributed by atoms with E-state index in [-0.39, 0.29) is 6.04 Å². The maximum absolute atomic E-state index is 12.8. The summed E-state index contributed by atoms with van der Waals surface area (Å²) < 4.78 is 40.3. The summed E-state index contributed by atoms with van der Waals surface area (Å²) in [6, 6.07) is 13.2. The number of benzene rings is 2. The Kier molecular flexibility index (Phi) is 4.90. The van der Waals surface area contributed by atoms with Gasteiger partial charge >= 0.3 is 6.18 Å². The Morgan fingerprint density at radius 3 is 2.52 bits per heavy atom. The first-order chi connectivity index (χ1) is 11.9. The summed E-state index contributed by atoms with van der Waals surface area (Å²) in [7, 11) is 0. The van der Waals surface area contributed by atoms with Crippen molar-refractivity contribution in [2.75, 3.05) is 0 Å². The number of aromatic nitrogens is 2. The smallest absolute Gasteiger partial charge is 0.306 e. The molecule has 0 aliphatic rings. The molecule has 0 saturated carbocycles. The van der Waals surface area contributed by atoms with Gasteiger partial charge < -0.3 is 9.88 Å². The Morgan fingerprint density at radius 1 is 1.12 bits per heavy atom. The lowest BCUT2D eigenvalue weighted by Crippen LogP contribution is -2.18. The molecule has 1 aromatic heterocycles. The summed E-state index contributed by atoms with van der Waals surface area (Å²) in [5.74, 6) is 0. The zero-order valence-corrected chi connectivity index (χ0v) is 13.7. The van der Waals surface area contributed by atoms with E-state index in [2.05, 4.69) is 10.3 Å². The first-order valence-electron chi connectivity index (χ1n) is 7.91. The molecule has 0 saturated heterocycles. The Morgan fingerprint density at radius 2 is 1.88 bits per heavy atom. The first kappa shape index (κ1) is 17.2. The van der Waals surface area contributed by atoms with E-state index >= 15 is 0 Å². The monoisotopic (exact) mass is 345 g/mol. The lowest BCUT2D eigenvalue weighted by Gasteiger charge is -2.16. The van der Waals surface area contributed by atoms with Gasteiger partial charge in [0.1, 0.15) is 0 Å². The van der Waals surface area contributed by atoms with Gasteiger partial charge in [-0.05, 0) is 42.3 Å². The van der Waals surface area contributed by atoms with Gasteiger partial charge in [0.25, 0.3) is 0 Å². The molecule has 0 bridgehead atoms. The summed E-state index contributed by atoms with van der Waals surface area (Å²) in [5.41, 5.74) is 2.06. The highest BCUT2D eigenvalue weighted by molar-refractivity contribution is 5.34. The fourth-order valence-electron chi connectivity index (χ4n) is 2.57. The molecule has 3 rings (SSSR count). The third kappa shape index (κ3) is 4.28. The second-order valence-corrected chi connectivity index (χ2v) is 5.86. The molecule has 1 atom stereocenters. The van der Waals surface area contributed by atoms with Crippen LogP contribution in [0.4, 0.5) is 13.2 Å². The van der Waals surface area contributed by atoms with Gasteiger partial charge in [0, 0.05) is 30.7 Å². The highest BCUT2D eigenvalue weighted by Crippen LogP contribution is 2.30. The molecule has 0 fully saturated rings. The highest BCUT2D eigenvalue weighted by atomic mass is 19.4. The molecular formula is C19H18F3N3. The topological polar surface area (TPSA) is 29.9 Å². The normalized spacial score (nSPS) is 13.0. The van der Waals surface area contributed by atoms with Crippen molar-refractivity contribution in [3.05, 3.63) is 83.9 Å². The number of hydrogen-bond donors (Lipinski definition) is 1. The molecule has 3 aromatic rings. The zero-order valence-electron chi connectivity index (χ0n) is 13.7. The average Bonchev–Trinajstić information content (AvgIpc) is 3.14. The number of hydrogen-bond acceptors (Lipinski definition) is 2.